The van der Waals surface area contributed by atoms with Gasteiger partial charge in [-0.1, -0.05) is 42.5 Å². The molecule has 0 fully saturated rings. The number of nitrogens with zero attached hydrogens (tertiary/aromatic N) is 3. The predicted octanol–water partition coefficient (Wildman–Crippen LogP) is 0.777. The molecular formula is C14H16N4O3. The Bertz CT molecular complexity index is 624. The SMILES string of the molecule is CC(CNC(=O)c1cn(Cc2ccccc2)nn1)C(=O)O. The molecule has 0 bridgehead atoms. The third-order valence-corrected chi connectivity index (χ3v) is 2.95. The van der Waals surface area contributed by atoms with Crippen molar-refractivity contribution in [3.8, 4) is 0 Å². The first-order valence-electron chi connectivity index (χ1n) is 6.51. The van der Waals surface area contributed by atoms with Crippen LogP contribution in [0.4, 0.5) is 0 Å². The molecule has 2 aromatic rings. The monoisotopic (exact) mass is 288 g/mol. The van der Waals surface area contributed by atoms with Crippen LogP contribution in [0, 0.1) is 5.92 Å². The number of rotatable bonds is 6. The van der Waals surface area contributed by atoms with Crippen LogP contribution in [0.5, 0.6) is 0 Å². The second-order valence-corrected chi connectivity index (χ2v) is 4.74. The maximum atomic E-state index is 11.8. The van der Waals surface area contributed by atoms with E-state index in [1.807, 2.05) is 30.3 Å². The highest BCUT2D eigenvalue weighted by molar-refractivity contribution is 5.92. The number of carboxylic acid groups (broad SMARTS) is 1. The summed E-state index contributed by atoms with van der Waals surface area (Å²) >= 11 is 0. The van der Waals surface area contributed by atoms with Gasteiger partial charge in [-0.25, -0.2) is 4.68 Å². The van der Waals surface area contributed by atoms with Crippen LogP contribution in [0.3, 0.4) is 0 Å². The molecule has 110 valence electrons. The lowest BCUT2D eigenvalue weighted by Gasteiger charge is -2.06. The molecule has 0 spiro atoms. The molecule has 0 saturated heterocycles. The molecule has 1 amide bonds. The minimum Gasteiger partial charge on any atom is -0.481 e. The average Bonchev–Trinajstić information content (AvgIpc) is 2.94. The van der Waals surface area contributed by atoms with Gasteiger partial charge in [0.25, 0.3) is 5.91 Å². The van der Waals surface area contributed by atoms with Gasteiger partial charge in [0.1, 0.15) is 0 Å². The van der Waals surface area contributed by atoms with E-state index in [1.54, 1.807) is 4.68 Å². The van der Waals surface area contributed by atoms with Gasteiger partial charge < -0.3 is 10.4 Å². The number of hydrogen-bond donors (Lipinski definition) is 2. The third-order valence-electron chi connectivity index (χ3n) is 2.95. The zero-order chi connectivity index (χ0) is 15.2. The summed E-state index contributed by atoms with van der Waals surface area (Å²) < 4.78 is 1.56. The second kappa shape index (κ2) is 6.65. The minimum absolute atomic E-state index is 0.0553. The van der Waals surface area contributed by atoms with Crippen LogP contribution >= 0.6 is 0 Å². The van der Waals surface area contributed by atoms with Crippen molar-refractivity contribution in [3.63, 3.8) is 0 Å². The highest BCUT2D eigenvalue weighted by Crippen LogP contribution is 2.02. The van der Waals surface area contributed by atoms with E-state index in [0.29, 0.717) is 6.54 Å². The highest BCUT2D eigenvalue weighted by atomic mass is 16.4. The molecule has 0 radical (unpaired) electrons. The van der Waals surface area contributed by atoms with Crippen molar-refractivity contribution in [2.75, 3.05) is 6.54 Å². The van der Waals surface area contributed by atoms with E-state index in [2.05, 4.69) is 15.6 Å². The van der Waals surface area contributed by atoms with Gasteiger partial charge in [0.05, 0.1) is 18.7 Å². The summed E-state index contributed by atoms with van der Waals surface area (Å²) in [6.45, 7) is 2.10. The van der Waals surface area contributed by atoms with Crippen LogP contribution in [-0.4, -0.2) is 38.5 Å². The molecule has 0 aliphatic carbocycles. The molecule has 7 heteroatoms. The van der Waals surface area contributed by atoms with E-state index in [9.17, 15) is 9.59 Å². The van der Waals surface area contributed by atoms with Gasteiger partial charge in [0, 0.05) is 6.54 Å². The summed E-state index contributed by atoms with van der Waals surface area (Å²) in [5.74, 6) is -2.03. The molecule has 21 heavy (non-hydrogen) atoms. The van der Waals surface area contributed by atoms with Crippen LogP contribution < -0.4 is 5.32 Å². The number of carbonyl (C=O) groups is 2. The van der Waals surface area contributed by atoms with Crippen LogP contribution in [0.25, 0.3) is 0 Å². The Labute approximate surface area is 121 Å². The van der Waals surface area contributed by atoms with Gasteiger partial charge in [-0.2, -0.15) is 0 Å². The van der Waals surface area contributed by atoms with Crippen LogP contribution in [0.2, 0.25) is 0 Å². The van der Waals surface area contributed by atoms with E-state index in [4.69, 9.17) is 5.11 Å². The number of benzene rings is 1. The van der Waals surface area contributed by atoms with Crippen molar-refractivity contribution in [1.82, 2.24) is 20.3 Å². The number of hydrogen-bond acceptors (Lipinski definition) is 4. The molecule has 7 nitrogen and oxygen atoms in total. The summed E-state index contributed by atoms with van der Waals surface area (Å²) in [4.78, 5) is 22.5. The molecule has 0 aliphatic rings. The summed E-state index contributed by atoms with van der Waals surface area (Å²) in [5, 5.41) is 18.9. The van der Waals surface area contributed by atoms with Crippen molar-refractivity contribution in [2.24, 2.45) is 5.92 Å². The maximum Gasteiger partial charge on any atom is 0.308 e. The van der Waals surface area contributed by atoms with Crippen molar-refractivity contribution in [2.45, 2.75) is 13.5 Å². The number of nitrogens with one attached hydrogen (secondary N) is 1. The molecule has 0 aliphatic heterocycles. The lowest BCUT2D eigenvalue weighted by atomic mass is 10.2. The molecule has 1 unspecified atom stereocenters. The van der Waals surface area contributed by atoms with Gasteiger partial charge >= 0.3 is 5.97 Å². The van der Waals surface area contributed by atoms with Gasteiger partial charge in [0.2, 0.25) is 0 Å². The Morgan fingerprint density at radius 1 is 1.33 bits per heavy atom. The summed E-state index contributed by atoms with van der Waals surface area (Å²) in [6.07, 6.45) is 1.54. The number of carbonyl (C=O) groups excluding carboxylic acids is 1. The van der Waals surface area contributed by atoms with Gasteiger partial charge in [-0.3, -0.25) is 9.59 Å². The first kappa shape index (κ1) is 14.7. The van der Waals surface area contributed by atoms with Gasteiger partial charge in [-0.15, -0.1) is 5.10 Å². The lowest BCUT2D eigenvalue weighted by Crippen LogP contribution is -2.31. The number of amides is 1. The fourth-order valence-electron chi connectivity index (χ4n) is 1.67. The quantitative estimate of drug-likeness (QED) is 0.818. The first-order valence-corrected chi connectivity index (χ1v) is 6.51. The van der Waals surface area contributed by atoms with E-state index in [-0.39, 0.29) is 12.2 Å². The summed E-state index contributed by atoms with van der Waals surface area (Å²) in [6, 6.07) is 9.68. The predicted molar refractivity (Wildman–Crippen MR) is 74.7 cm³/mol. The van der Waals surface area contributed by atoms with Crippen molar-refractivity contribution in [1.29, 1.82) is 0 Å². The molecule has 0 saturated carbocycles. The van der Waals surface area contributed by atoms with Crippen LogP contribution in [0.1, 0.15) is 23.0 Å². The van der Waals surface area contributed by atoms with Crippen molar-refractivity contribution < 1.29 is 14.7 Å². The van der Waals surface area contributed by atoms with Gasteiger partial charge in [-0.05, 0) is 5.56 Å². The molecule has 1 aromatic carbocycles. The third kappa shape index (κ3) is 4.13. The highest BCUT2D eigenvalue weighted by Gasteiger charge is 2.15. The van der Waals surface area contributed by atoms with Gasteiger partial charge in [0.15, 0.2) is 5.69 Å². The Hall–Kier alpha value is -2.70. The lowest BCUT2D eigenvalue weighted by molar-refractivity contribution is -0.140. The molecule has 1 aromatic heterocycles. The largest absolute Gasteiger partial charge is 0.481 e. The standard InChI is InChI=1S/C14H16N4O3/c1-10(14(20)21)7-15-13(19)12-9-18(17-16-12)8-11-5-3-2-4-6-11/h2-6,9-10H,7-8H2,1H3,(H,15,19)(H,20,21). The number of aliphatic carboxylic acids is 1. The fourth-order valence-corrected chi connectivity index (χ4v) is 1.67. The van der Waals surface area contributed by atoms with E-state index in [1.165, 1.54) is 13.1 Å². The molecule has 1 atom stereocenters. The number of carboxylic acids is 1. The summed E-state index contributed by atoms with van der Waals surface area (Å²) in [5.41, 5.74) is 1.22. The summed E-state index contributed by atoms with van der Waals surface area (Å²) in [7, 11) is 0. The smallest absolute Gasteiger partial charge is 0.308 e. The van der Waals surface area contributed by atoms with Crippen LogP contribution in [-0.2, 0) is 11.3 Å². The minimum atomic E-state index is -0.956. The second-order valence-electron chi connectivity index (χ2n) is 4.74. The van der Waals surface area contributed by atoms with E-state index >= 15 is 0 Å². The van der Waals surface area contributed by atoms with Crippen molar-refractivity contribution in [3.05, 3.63) is 47.8 Å². The first-order chi connectivity index (χ1) is 10.1. The normalized spacial score (nSPS) is 11.9. The Balaban J connectivity index is 1.93. The van der Waals surface area contributed by atoms with Crippen molar-refractivity contribution >= 4 is 11.9 Å². The molecule has 2 rings (SSSR count). The van der Waals surface area contributed by atoms with E-state index < -0.39 is 17.8 Å². The number of aromatic nitrogens is 3. The molecular weight excluding hydrogens is 272 g/mol. The molecule has 2 N–H and O–H groups in total. The zero-order valence-corrected chi connectivity index (χ0v) is 11.6. The fraction of sp³-hybridized carbons (Fsp3) is 0.286. The average molecular weight is 288 g/mol. The Morgan fingerprint density at radius 2 is 2.05 bits per heavy atom. The molecule has 1 heterocycles. The van der Waals surface area contributed by atoms with E-state index in [0.717, 1.165) is 5.56 Å². The Kier molecular flexibility index (Phi) is 4.65. The topological polar surface area (TPSA) is 97.1 Å². The van der Waals surface area contributed by atoms with Crippen LogP contribution in [0.15, 0.2) is 36.5 Å². The Morgan fingerprint density at radius 3 is 2.71 bits per heavy atom. The zero-order valence-electron chi connectivity index (χ0n) is 11.6. The maximum absolute atomic E-state index is 11.8.